The van der Waals surface area contributed by atoms with Crippen LogP contribution in [0.25, 0.3) is 0 Å². The van der Waals surface area contributed by atoms with Crippen molar-refractivity contribution in [2.24, 2.45) is 5.73 Å². The van der Waals surface area contributed by atoms with Gasteiger partial charge in [0.05, 0.1) is 0 Å². The van der Waals surface area contributed by atoms with Gasteiger partial charge in [0.15, 0.2) is 0 Å². The minimum absolute atomic E-state index is 0.359. The predicted molar refractivity (Wildman–Crippen MR) is 85.3 cm³/mol. The standard InChI is InChI=1S/C17H20BrN/c1-12-7-8-13(2)14(9-12)11-17(3,19)15-5-4-6-16(18)10-15/h4-10H,11,19H2,1-3H3. The SMILES string of the molecule is Cc1ccc(C)c(CC(C)(N)c2cccc(Br)c2)c1. The van der Waals surface area contributed by atoms with Crippen molar-refractivity contribution in [1.29, 1.82) is 0 Å². The van der Waals surface area contributed by atoms with Gasteiger partial charge in [0.25, 0.3) is 0 Å². The minimum Gasteiger partial charge on any atom is -0.321 e. The smallest absolute Gasteiger partial charge is 0.0422 e. The number of benzene rings is 2. The van der Waals surface area contributed by atoms with Crippen molar-refractivity contribution in [3.63, 3.8) is 0 Å². The van der Waals surface area contributed by atoms with Gasteiger partial charge in [-0.2, -0.15) is 0 Å². The summed E-state index contributed by atoms with van der Waals surface area (Å²) in [5.74, 6) is 0. The van der Waals surface area contributed by atoms with Crippen LogP contribution < -0.4 is 5.73 Å². The fraction of sp³-hybridized carbons (Fsp3) is 0.294. The average Bonchev–Trinajstić information content (AvgIpc) is 2.33. The molecular formula is C17H20BrN. The highest BCUT2D eigenvalue weighted by molar-refractivity contribution is 9.10. The van der Waals surface area contributed by atoms with E-state index in [9.17, 15) is 0 Å². The van der Waals surface area contributed by atoms with Gasteiger partial charge < -0.3 is 5.73 Å². The molecule has 0 radical (unpaired) electrons. The Morgan fingerprint density at radius 3 is 2.53 bits per heavy atom. The Morgan fingerprint density at radius 2 is 1.84 bits per heavy atom. The van der Waals surface area contributed by atoms with E-state index >= 15 is 0 Å². The zero-order valence-corrected chi connectivity index (χ0v) is 13.3. The normalized spacial score (nSPS) is 14.2. The summed E-state index contributed by atoms with van der Waals surface area (Å²) in [4.78, 5) is 0. The molecule has 100 valence electrons. The topological polar surface area (TPSA) is 26.0 Å². The Kier molecular flexibility index (Phi) is 4.12. The fourth-order valence-electron chi connectivity index (χ4n) is 2.33. The Balaban J connectivity index is 2.33. The second-order valence-corrected chi connectivity index (χ2v) is 6.45. The molecule has 2 aromatic carbocycles. The molecule has 0 saturated heterocycles. The molecule has 1 nitrogen and oxygen atoms in total. The molecule has 0 bridgehead atoms. The van der Waals surface area contributed by atoms with Crippen molar-refractivity contribution < 1.29 is 0 Å². The van der Waals surface area contributed by atoms with Crippen LogP contribution in [0.3, 0.4) is 0 Å². The van der Waals surface area contributed by atoms with Gasteiger partial charge in [-0.1, -0.05) is 51.8 Å². The molecule has 2 aromatic rings. The second-order valence-electron chi connectivity index (χ2n) is 5.53. The van der Waals surface area contributed by atoms with Gasteiger partial charge in [0.2, 0.25) is 0 Å². The Morgan fingerprint density at radius 1 is 1.11 bits per heavy atom. The van der Waals surface area contributed by atoms with Crippen LogP contribution in [0.4, 0.5) is 0 Å². The number of hydrogen-bond donors (Lipinski definition) is 1. The first-order valence-corrected chi connectivity index (χ1v) is 7.29. The average molecular weight is 318 g/mol. The van der Waals surface area contributed by atoms with E-state index in [1.54, 1.807) is 0 Å². The van der Waals surface area contributed by atoms with Crippen LogP contribution in [-0.2, 0) is 12.0 Å². The first kappa shape index (κ1) is 14.3. The summed E-state index contributed by atoms with van der Waals surface area (Å²) < 4.78 is 1.07. The molecule has 19 heavy (non-hydrogen) atoms. The molecule has 0 spiro atoms. The highest BCUT2D eigenvalue weighted by Gasteiger charge is 2.22. The van der Waals surface area contributed by atoms with Crippen molar-refractivity contribution in [2.45, 2.75) is 32.7 Å². The molecule has 0 aliphatic rings. The van der Waals surface area contributed by atoms with Crippen LogP contribution in [0.5, 0.6) is 0 Å². The summed E-state index contributed by atoms with van der Waals surface area (Å²) in [6.07, 6.45) is 0.844. The van der Waals surface area contributed by atoms with Crippen molar-refractivity contribution in [2.75, 3.05) is 0 Å². The number of rotatable bonds is 3. The van der Waals surface area contributed by atoms with Crippen molar-refractivity contribution in [3.8, 4) is 0 Å². The molecule has 0 saturated carbocycles. The van der Waals surface area contributed by atoms with Gasteiger partial charge >= 0.3 is 0 Å². The first-order valence-electron chi connectivity index (χ1n) is 6.49. The quantitative estimate of drug-likeness (QED) is 0.887. The zero-order chi connectivity index (χ0) is 14.0. The predicted octanol–water partition coefficient (Wildman–Crippen LogP) is 4.48. The maximum Gasteiger partial charge on any atom is 0.0422 e. The van der Waals surface area contributed by atoms with Gasteiger partial charge in [0, 0.05) is 10.0 Å². The maximum absolute atomic E-state index is 6.54. The monoisotopic (exact) mass is 317 g/mol. The molecule has 2 N–H and O–H groups in total. The van der Waals surface area contributed by atoms with Gasteiger partial charge in [-0.25, -0.2) is 0 Å². The molecule has 2 rings (SSSR count). The molecule has 0 aliphatic carbocycles. The van der Waals surface area contributed by atoms with Crippen LogP contribution in [0.1, 0.15) is 29.2 Å². The molecule has 0 amide bonds. The number of aryl methyl sites for hydroxylation is 2. The van der Waals surface area contributed by atoms with Gasteiger partial charge in [0.1, 0.15) is 0 Å². The third kappa shape index (κ3) is 3.46. The van der Waals surface area contributed by atoms with Crippen LogP contribution >= 0.6 is 15.9 Å². The lowest BCUT2D eigenvalue weighted by atomic mass is 9.85. The zero-order valence-electron chi connectivity index (χ0n) is 11.7. The summed E-state index contributed by atoms with van der Waals surface area (Å²) in [6.45, 7) is 6.36. The van der Waals surface area contributed by atoms with E-state index in [0.29, 0.717) is 0 Å². The number of halogens is 1. The summed E-state index contributed by atoms with van der Waals surface area (Å²) in [5.41, 5.74) is 11.2. The van der Waals surface area contributed by atoms with E-state index in [1.807, 2.05) is 12.1 Å². The highest BCUT2D eigenvalue weighted by Crippen LogP contribution is 2.26. The molecule has 0 fully saturated rings. The summed E-state index contributed by atoms with van der Waals surface area (Å²) in [6, 6.07) is 14.8. The van der Waals surface area contributed by atoms with Crippen LogP contribution in [0.15, 0.2) is 46.9 Å². The summed E-state index contributed by atoms with van der Waals surface area (Å²) in [7, 11) is 0. The molecule has 0 aromatic heterocycles. The molecular weight excluding hydrogens is 298 g/mol. The fourth-order valence-corrected chi connectivity index (χ4v) is 2.73. The summed E-state index contributed by atoms with van der Waals surface area (Å²) >= 11 is 3.51. The molecule has 0 aliphatic heterocycles. The van der Waals surface area contributed by atoms with E-state index in [0.717, 1.165) is 16.5 Å². The van der Waals surface area contributed by atoms with Crippen LogP contribution in [0.2, 0.25) is 0 Å². The van der Waals surface area contributed by atoms with E-state index in [4.69, 9.17) is 5.73 Å². The number of nitrogens with two attached hydrogens (primary N) is 1. The lowest BCUT2D eigenvalue weighted by Crippen LogP contribution is -2.35. The molecule has 1 unspecified atom stereocenters. The van der Waals surface area contributed by atoms with Crippen molar-refractivity contribution >= 4 is 15.9 Å². The lowest BCUT2D eigenvalue weighted by molar-refractivity contribution is 0.490. The second kappa shape index (κ2) is 5.48. The van der Waals surface area contributed by atoms with Gasteiger partial charge in [-0.15, -0.1) is 0 Å². The van der Waals surface area contributed by atoms with E-state index < -0.39 is 0 Å². The third-order valence-corrected chi connectivity index (χ3v) is 4.04. The van der Waals surface area contributed by atoms with E-state index in [-0.39, 0.29) is 5.54 Å². The largest absolute Gasteiger partial charge is 0.321 e. The summed E-state index contributed by atoms with van der Waals surface area (Å²) in [5, 5.41) is 0. The molecule has 2 heteroatoms. The van der Waals surface area contributed by atoms with E-state index in [2.05, 4.69) is 67.0 Å². The van der Waals surface area contributed by atoms with Gasteiger partial charge in [-0.3, -0.25) is 0 Å². The maximum atomic E-state index is 6.54. The van der Waals surface area contributed by atoms with E-state index in [1.165, 1.54) is 16.7 Å². The van der Waals surface area contributed by atoms with Gasteiger partial charge in [-0.05, 0) is 56.0 Å². The Labute approximate surface area is 124 Å². The molecule has 1 atom stereocenters. The van der Waals surface area contributed by atoms with Crippen molar-refractivity contribution in [1.82, 2.24) is 0 Å². The van der Waals surface area contributed by atoms with Crippen molar-refractivity contribution in [3.05, 3.63) is 69.2 Å². The number of hydrogen-bond acceptors (Lipinski definition) is 1. The first-order chi connectivity index (χ1) is 8.88. The minimum atomic E-state index is -0.359. The Hall–Kier alpha value is -1.12. The third-order valence-electron chi connectivity index (χ3n) is 3.55. The molecule has 0 heterocycles. The van der Waals surface area contributed by atoms with Crippen LogP contribution in [-0.4, -0.2) is 0 Å². The highest BCUT2D eigenvalue weighted by atomic mass is 79.9. The van der Waals surface area contributed by atoms with Crippen LogP contribution in [0, 0.1) is 13.8 Å². The Bertz CT molecular complexity index is 588. The lowest BCUT2D eigenvalue weighted by Gasteiger charge is -2.26.